The van der Waals surface area contributed by atoms with Gasteiger partial charge in [-0.25, -0.2) is 26.5 Å². The summed E-state index contributed by atoms with van der Waals surface area (Å²) < 4.78 is 5.64. The van der Waals surface area contributed by atoms with Crippen molar-refractivity contribution in [1.29, 1.82) is 21.6 Å². The number of guanidine groups is 4. The third kappa shape index (κ3) is 60.8. The average Bonchev–Trinajstić information content (AvgIpc) is 1.61. The molecule has 0 aromatic heterocycles. The van der Waals surface area contributed by atoms with Crippen LogP contribution in [0.15, 0.2) is 48.5 Å². The summed E-state index contributed by atoms with van der Waals surface area (Å²) in [5.41, 5.74) is 50.6. The molecule has 47 heteroatoms. The van der Waals surface area contributed by atoms with E-state index in [0.717, 1.165) is 28.7 Å². The van der Waals surface area contributed by atoms with Gasteiger partial charge < -0.3 is 106 Å². The van der Waals surface area contributed by atoms with E-state index in [2.05, 4.69) is 126 Å². The molecule has 0 aliphatic heterocycles. The van der Waals surface area contributed by atoms with E-state index >= 15 is 0 Å². The van der Waals surface area contributed by atoms with Crippen molar-refractivity contribution in [2.75, 3.05) is 158 Å². The van der Waals surface area contributed by atoms with Crippen molar-refractivity contribution < 1.29 is 76.7 Å². The molecular formula is C96H169N31O16. The number of hydrazine groups is 4. The zero-order valence-electron chi connectivity index (χ0n) is 85.0. The van der Waals surface area contributed by atoms with Crippen molar-refractivity contribution in [2.45, 2.75) is 263 Å². The summed E-state index contributed by atoms with van der Waals surface area (Å²) in [6, 6.07) is 14.3. The van der Waals surface area contributed by atoms with E-state index in [0.29, 0.717) is 232 Å². The summed E-state index contributed by atoms with van der Waals surface area (Å²) in [5, 5.41) is 59.9. The number of carbonyl (C=O) groups excluding carboxylic acids is 15. The summed E-state index contributed by atoms with van der Waals surface area (Å²) in [5.74, 6) is -5.22. The number of ether oxygens (including phenoxy) is 1. The number of hydrogen-bond acceptors (Lipinski definition) is 28. The van der Waals surface area contributed by atoms with Crippen LogP contribution in [0.3, 0.4) is 0 Å². The molecule has 31 N–H and O–H groups in total. The highest BCUT2D eigenvalue weighted by molar-refractivity contribution is 5.89. The van der Waals surface area contributed by atoms with Gasteiger partial charge in [-0.05, 0) is 178 Å². The van der Waals surface area contributed by atoms with Gasteiger partial charge in [-0.3, -0.25) is 110 Å². The van der Waals surface area contributed by atoms with E-state index in [9.17, 15) is 71.9 Å². The first-order valence-electron chi connectivity index (χ1n) is 50.7. The Morgan fingerprint density at radius 2 is 0.538 bits per heavy atom. The summed E-state index contributed by atoms with van der Waals surface area (Å²) in [6.07, 6.45) is 14.7. The molecule has 4 atom stereocenters. The van der Waals surface area contributed by atoms with Gasteiger partial charge in [0.1, 0.15) is 29.7 Å². The van der Waals surface area contributed by atoms with Gasteiger partial charge in [0.2, 0.25) is 59.1 Å². The second-order valence-electron chi connectivity index (χ2n) is 35.7. The molecule has 0 radical (unpaired) electrons. The van der Waals surface area contributed by atoms with E-state index in [1.807, 2.05) is 24.3 Å². The lowest BCUT2D eigenvalue weighted by molar-refractivity contribution is -0.137. The molecule has 47 nitrogen and oxygen atoms in total. The Hall–Kier alpha value is -12.1. The standard InChI is InChI=1S/C96H169N31O16/c1-69(128)78(36-28-48-111-92(97)98)120-116-52-24-8-14-42-88(138)124(64-84(134)105-5)61-57-108-86(136)66-126(90(140)44-16-10-26-54-118-122-80(71(3)130)38-30-50-113-94(101)102)63-59-110-87(137)67-127(91(141)45-17-11-27-55-119-123-81(72(4)131)39-31-51-114-95(103)104)62-58-109-85(135)65-125(89(139)43-15-9-25-53-117-121-79(70(2)129)37-29-49-112-93(99)100)60-56-107-83(133)41-12-6-22-46-106-82(132)40-13-7-23-47-115-96(142)143-68-77-75-34-20-18-32-73(75)74-33-19-21-35-76(74)77/h18-21,32-35,77-81,116-123H,6-17,22-31,36-68H2,1-5H3,(H,105,134)(H,106,132)(H,107,133)(H,108,136)(H,109,135)(H,110,137)(H,115,142)(H4,97,98,111)(H4,99,100,112)(H4,101,102,113)(H4,103,104,114)/t78-,79-,80-,81-/m0/s1. The molecule has 11 amide bonds. The molecule has 1 aliphatic carbocycles. The number of likely N-dealkylation sites (N-methyl/N-ethyl adjacent to an activating group) is 1. The molecule has 0 bridgehead atoms. The summed E-state index contributed by atoms with van der Waals surface area (Å²) in [6.45, 7) is 7.96. The van der Waals surface area contributed by atoms with Gasteiger partial charge >= 0.3 is 6.09 Å². The van der Waals surface area contributed by atoms with Crippen LogP contribution < -0.4 is 125 Å². The van der Waals surface area contributed by atoms with Crippen LogP contribution in [0.1, 0.15) is 250 Å². The SMILES string of the molecule is CNC(=O)CN(CCNC(=O)CN(CCNC(=O)CN(CCNC(=O)CN(CCNC(=O)CCCCCNC(=O)CCCCCNC(=O)OCC1c2ccccc2-c2ccccc21)C(=O)CCCCCNN[C@@H](CCCNC(=N)N)C(C)=O)C(=O)CCCCCNN[C@@H](CCCNC(=N)N)C(C)=O)C(=O)CCCCCNN[C@@H](CCCNC(=N)N)C(C)=O)C(=O)CCCCCNN[C@@H](CCCNC(=N)N)C(C)=O. The Morgan fingerprint density at radius 3 is 0.818 bits per heavy atom. The third-order valence-corrected chi connectivity index (χ3v) is 23.7. The lowest BCUT2D eigenvalue weighted by atomic mass is 9.98. The number of Topliss-reactive ketones (excluding diaryl/α,β-unsaturated/α-hetero) is 4. The average molecular weight is 2010 g/mol. The minimum Gasteiger partial charge on any atom is -0.449 e. The number of unbranched alkanes of at least 4 members (excludes halogenated alkanes) is 12. The lowest BCUT2D eigenvalue weighted by Crippen LogP contribution is -2.48. The highest BCUT2D eigenvalue weighted by Crippen LogP contribution is 2.44. The second kappa shape index (κ2) is 77.4. The number of benzene rings is 2. The smallest absolute Gasteiger partial charge is 0.407 e. The van der Waals surface area contributed by atoms with Crippen molar-refractivity contribution in [3.8, 4) is 11.1 Å². The first kappa shape index (κ1) is 125. The highest BCUT2D eigenvalue weighted by atomic mass is 16.5. The van der Waals surface area contributed by atoms with Crippen molar-refractivity contribution in [3.63, 3.8) is 0 Å². The predicted molar refractivity (Wildman–Crippen MR) is 548 cm³/mol. The van der Waals surface area contributed by atoms with Crippen LogP contribution >= 0.6 is 0 Å². The second-order valence-corrected chi connectivity index (χ2v) is 35.7. The first-order valence-corrected chi connectivity index (χ1v) is 50.7. The van der Waals surface area contributed by atoms with Gasteiger partial charge in [0, 0.05) is 169 Å². The number of fused-ring (bicyclic) bond motifs is 3. The number of hydrogen-bond donors (Lipinski definition) is 27. The predicted octanol–water partition coefficient (Wildman–Crippen LogP) is -0.211. The van der Waals surface area contributed by atoms with Gasteiger partial charge in [0.25, 0.3) is 0 Å². The quantitative estimate of drug-likeness (QED) is 0.0176. The van der Waals surface area contributed by atoms with Crippen LogP contribution in [0, 0.1) is 21.6 Å². The Morgan fingerprint density at radius 1 is 0.294 bits per heavy atom. The number of amides is 11. The van der Waals surface area contributed by atoms with Crippen LogP contribution in [0.4, 0.5) is 4.79 Å². The van der Waals surface area contributed by atoms with Crippen molar-refractivity contribution in [1.82, 2.24) is 121 Å². The number of nitrogens with one attached hydrogen (secondary N) is 23. The molecule has 2 aromatic rings. The molecule has 2 aromatic carbocycles. The summed E-state index contributed by atoms with van der Waals surface area (Å²) in [7, 11) is 1.43. The zero-order valence-corrected chi connectivity index (χ0v) is 85.0. The van der Waals surface area contributed by atoms with Crippen LogP contribution in [0.5, 0.6) is 0 Å². The van der Waals surface area contributed by atoms with Gasteiger partial charge in [-0.15, -0.1) is 0 Å². The van der Waals surface area contributed by atoms with Crippen LogP contribution in [-0.2, 0) is 71.9 Å². The van der Waals surface area contributed by atoms with Gasteiger partial charge in [0.15, 0.2) is 23.8 Å². The van der Waals surface area contributed by atoms with Crippen LogP contribution in [0.2, 0.25) is 0 Å². The Balaban J connectivity index is 1.72. The van der Waals surface area contributed by atoms with Gasteiger partial charge in [-0.1, -0.05) is 87.1 Å². The maximum absolute atomic E-state index is 14.3. The van der Waals surface area contributed by atoms with E-state index < -0.39 is 85.3 Å². The van der Waals surface area contributed by atoms with Crippen LogP contribution in [-0.4, -0.2) is 314 Å². The molecule has 0 saturated carbocycles. The Kier molecular flexibility index (Phi) is 67.7. The monoisotopic (exact) mass is 2010 g/mol. The van der Waals surface area contributed by atoms with E-state index in [-0.39, 0.29) is 174 Å². The Labute approximate surface area is 842 Å². The largest absolute Gasteiger partial charge is 0.449 e. The molecule has 0 heterocycles. The van der Waals surface area contributed by atoms with Crippen molar-refractivity contribution in [2.24, 2.45) is 22.9 Å². The summed E-state index contributed by atoms with van der Waals surface area (Å²) in [4.78, 5) is 204. The number of alkyl carbamates (subject to hydrolysis) is 1. The molecule has 0 saturated heterocycles. The number of rotatable bonds is 86. The Bertz CT molecular complexity index is 4180. The zero-order chi connectivity index (χ0) is 105. The first-order chi connectivity index (χ1) is 68.7. The van der Waals surface area contributed by atoms with Gasteiger partial charge in [-0.2, -0.15) is 0 Å². The molecule has 804 valence electrons. The fourth-order valence-corrected chi connectivity index (χ4v) is 15.6. The summed E-state index contributed by atoms with van der Waals surface area (Å²) >= 11 is 0. The maximum atomic E-state index is 14.3. The lowest BCUT2D eigenvalue weighted by Gasteiger charge is -2.25. The third-order valence-electron chi connectivity index (χ3n) is 23.7. The minimum absolute atomic E-state index is 0.00127. The maximum Gasteiger partial charge on any atom is 0.407 e. The fourth-order valence-electron chi connectivity index (χ4n) is 15.6. The van der Waals surface area contributed by atoms with E-state index in [4.69, 9.17) is 49.3 Å². The minimum atomic E-state index is -0.638. The van der Waals surface area contributed by atoms with Crippen molar-refractivity contribution in [3.05, 3.63) is 59.7 Å². The molecule has 3 rings (SSSR count). The van der Waals surface area contributed by atoms with Crippen LogP contribution in [0.25, 0.3) is 11.1 Å². The molecule has 0 unspecified atom stereocenters. The number of ketones is 4. The molecule has 0 fully saturated rings. The number of nitrogens with two attached hydrogens (primary N) is 4. The van der Waals surface area contributed by atoms with Gasteiger partial charge in [0.05, 0.1) is 50.3 Å². The number of carbonyl (C=O) groups is 15. The van der Waals surface area contributed by atoms with E-state index in [1.54, 1.807) is 0 Å². The fraction of sp³-hybridized carbons (Fsp3) is 0.677. The van der Waals surface area contributed by atoms with Crippen molar-refractivity contribution >= 4 is 112 Å². The topological polar surface area (TPSA) is 706 Å². The normalized spacial score (nSPS) is 12.1. The molecule has 0 spiro atoms. The van der Waals surface area contributed by atoms with E-state index in [1.165, 1.54) is 54.3 Å². The molecule has 1 aliphatic rings. The number of nitrogens with zero attached hydrogens (tertiary/aromatic N) is 4. The molecular weight excluding hydrogens is 1840 g/mol. The highest BCUT2D eigenvalue weighted by Gasteiger charge is 2.31. The molecule has 143 heavy (non-hydrogen) atoms.